The van der Waals surface area contributed by atoms with Crippen LogP contribution in [0.25, 0.3) is 0 Å². The molecule has 0 spiro atoms. The minimum Gasteiger partial charge on any atom is -0.489 e. The van der Waals surface area contributed by atoms with E-state index in [2.05, 4.69) is 31.9 Å². The van der Waals surface area contributed by atoms with E-state index in [1.165, 1.54) is 12.3 Å². The topological polar surface area (TPSA) is 67.8 Å². The van der Waals surface area contributed by atoms with Gasteiger partial charge in [0.15, 0.2) is 12.6 Å². The number of ether oxygens (including phenoxy) is 2. The summed E-state index contributed by atoms with van der Waals surface area (Å²) >= 11 is 0. The molecule has 0 unspecified atom stereocenters. The van der Waals surface area contributed by atoms with Crippen molar-refractivity contribution in [1.82, 2.24) is 15.6 Å². The predicted molar refractivity (Wildman–Crippen MR) is 105 cm³/mol. The van der Waals surface area contributed by atoms with Crippen molar-refractivity contribution in [3.8, 4) is 11.6 Å². The Bertz CT molecular complexity index is 825. The van der Waals surface area contributed by atoms with E-state index in [1.807, 2.05) is 24.3 Å². The van der Waals surface area contributed by atoms with Crippen molar-refractivity contribution in [3.05, 3.63) is 66.4 Å². The molecule has 2 rings (SSSR count). The van der Waals surface area contributed by atoms with Crippen LogP contribution in [0.4, 0.5) is 13.2 Å². The van der Waals surface area contributed by atoms with Gasteiger partial charge in [-0.2, -0.15) is 13.2 Å². The quantitative estimate of drug-likeness (QED) is 0.378. The first-order chi connectivity index (χ1) is 13.9. The maximum atomic E-state index is 12.3. The largest absolute Gasteiger partial charge is 0.489 e. The van der Waals surface area contributed by atoms with Gasteiger partial charge in [0, 0.05) is 38.0 Å². The summed E-state index contributed by atoms with van der Waals surface area (Å²) in [6, 6.07) is 10.7. The number of nitrogens with one attached hydrogen (secondary N) is 2. The van der Waals surface area contributed by atoms with Crippen LogP contribution < -0.4 is 20.1 Å². The van der Waals surface area contributed by atoms with E-state index < -0.39 is 12.8 Å². The number of hydrogen-bond donors (Lipinski definition) is 2. The molecular weight excluding hydrogens is 385 g/mol. The highest BCUT2D eigenvalue weighted by Crippen LogP contribution is 2.18. The fourth-order valence-corrected chi connectivity index (χ4v) is 2.32. The lowest BCUT2D eigenvalue weighted by molar-refractivity contribution is -0.154. The second kappa shape index (κ2) is 10.9. The fraction of sp³-hybridized carbons (Fsp3) is 0.300. The van der Waals surface area contributed by atoms with Gasteiger partial charge >= 0.3 is 6.18 Å². The summed E-state index contributed by atoms with van der Waals surface area (Å²) in [5, 5.41) is 6.26. The minimum absolute atomic E-state index is 0.0853. The standard InChI is InChI=1S/C20H23F3N4O2/c1-3-10-28-17-7-5-4-6-16(17)13-27-19(24-2)26-12-15-8-9-25-18(11-15)29-14-20(21,22)23/h3-9,11H,1,10,12-14H2,2H3,(H2,24,26,27). The minimum atomic E-state index is -4.41. The molecule has 0 aliphatic heterocycles. The molecule has 2 aromatic rings. The van der Waals surface area contributed by atoms with E-state index in [0.29, 0.717) is 31.2 Å². The predicted octanol–water partition coefficient (Wildman–Crippen LogP) is 3.45. The van der Waals surface area contributed by atoms with E-state index in [4.69, 9.17) is 4.74 Å². The summed E-state index contributed by atoms with van der Waals surface area (Å²) in [5.41, 5.74) is 1.65. The first-order valence-corrected chi connectivity index (χ1v) is 8.82. The summed E-state index contributed by atoms with van der Waals surface area (Å²) in [6.07, 6.45) is -1.34. The Labute approximate surface area is 167 Å². The number of para-hydroxylation sites is 1. The van der Waals surface area contributed by atoms with Crippen molar-refractivity contribution < 1.29 is 22.6 Å². The molecule has 0 bridgehead atoms. The number of halogens is 3. The van der Waals surface area contributed by atoms with Crippen LogP contribution >= 0.6 is 0 Å². The summed E-state index contributed by atoms with van der Waals surface area (Å²) in [5.74, 6) is 1.19. The molecule has 2 N–H and O–H groups in total. The van der Waals surface area contributed by atoms with Gasteiger partial charge in [0.05, 0.1) is 0 Å². The Morgan fingerprint density at radius 3 is 2.66 bits per heavy atom. The zero-order chi connectivity index (χ0) is 21.1. The molecule has 0 fully saturated rings. The zero-order valence-corrected chi connectivity index (χ0v) is 16.0. The molecule has 6 nitrogen and oxygen atoms in total. The first-order valence-electron chi connectivity index (χ1n) is 8.82. The number of aliphatic imine (C=N–C) groups is 1. The molecule has 0 saturated heterocycles. The van der Waals surface area contributed by atoms with Crippen LogP contribution in [0.2, 0.25) is 0 Å². The van der Waals surface area contributed by atoms with Gasteiger partial charge in [0.25, 0.3) is 0 Å². The van der Waals surface area contributed by atoms with Crippen molar-refractivity contribution in [2.45, 2.75) is 19.3 Å². The lowest BCUT2D eigenvalue weighted by Crippen LogP contribution is -2.36. The maximum Gasteiger partial charge on any atom is 0.422 e. The number of nitrogens with zero attached hydrogens (tertiary/aromatic N) is 2. The SMILES string of the molecule is C=CCOc1ccccc1CNC(=NC)NCc1ccnc(OCC(F)(F)F)c1. The molecule has 0 saturated carbocycles. The average Bonchev–Trinajstić information content (AvgIpc) is 2.71. The van der Waals surface area contributed by atoms with Crippen LogP contribution in [0.15, 0.2) is 60.2 Å². The molecule has 29 heavy (non-hydrogen) atoms. The number of hydrogen-bond acceptors (Lipinski definition) is 4. The van der Waals surface area contributed by atoms with Crippen LogP contribution in [0, 0.1) is 0 Å². The molecule has 1 aromatic carbocycles. The van der Waals surface area contributed by atoms with E-state index in [-0.39, 0.29) is 5.88 Å². The van der Waals surface area contributed by atoms with Crippen LogP contribution in [0.1, 0.15) is 11.1 Å². The Morgan fingerprint density at radius 2 is 1.93 bits per heavy atom. The molecule has 0 atom stereocenters. The maximum absolute atomic E-state index is 12.3. The number of guanidine groups is 1. The number of pyridine rings is 1. The van der Waals surface area contributed by atoms with Crippen molar-refractivity contribution in [1.29, 1.82) is 0 Å². The number of rotatable bonds is 9. The Balaban J connectivity index is 1.89. The molecule has 0 amide bonds. The highest BCUT2D eigenvalue weighted by atomic mass is 19.4. The van der Waals surface area contributed by atoms with E-state index in [0.717, 1.165) is 11.3 Å². The van der Waals surface area contributed by atoms with Crippen LogP contribution in [0.5, 0.6) is 11.6 Å². The smallest absolute Gasteiger partial charge is 0.422 e. The van der Waals surface area contributed by atoms with Gasteiger partial charge in [-0.05, 0) is 17.7 Å². The molecule has 1 heterocycles. The number of alkyl halides is 3. The van der Waals surface area contributed by atoms with Gasteiger partial charge in [-0.3, -0.25) is 4.99 Å². The highest BCUT2D eigenvalue weighted by molar-refractivity contribution is 5.79. The van der Waals surface area contributed by atoms with Gasteiger partial charge in [0.2, 0.25) is 5.88 Å². The number of aromatic nitrogens is 1. The van der Waals surface area contributed by atoms with E-state index in [9.17, 15) is 13.2 Å². The summed E-state index contributed by atoms with van der Waals surface area (Å²) in [6.45, 7) is 3.47. The van der Waals surface area contributed by atoms with Gasteiger partial charge in [-0.15, -0.1) is 0 Å². The normalized spacial score (nSPS) is 11.7. The highest BCUT2D eigenvalue weighted by Gasteiger charge is 2.28. The van der Waals surface area contributed by atoms with Gasteiger partial charge in [-0.1, -0.05) is 30.9 Å². The van der Waals surface area contributed by atoms with Crippen LogP contribution in [0.3, 0.4) is 0 Å². The second-order valence-electron chi connectivity index (χ2n) is 5.89. The molecule has 0 aliphatic carbocycles. The third kappa shape index (κ3) is 8.12. The Morgan fingerprint density at radius 1 is 1.17 bits per heavy atom. The lowest BCUT2D eigenvalue weighted by Gasteiger charge is -2.15. The van der Waals surface area contributed by atoms with Crippen molar-refractivity contribution in [2.75, 3.05) is 20.3 Å². The second-order valence-corrected chi connectivity index (χ2v) is 5.89. The summed E-state index contributed by atoms with van der Waals surface area (Å²) < 4.78 is 47.1. The monoisotopic (exact) mass is 408 g/mol. The van der Waals surface area contributed by atoms with Gasteiger partial charge in [-0.25, -0.2) is 4.98 Å². The third-order valence-electron chi connectivity index (χ3n) is 3.64. The molecular formula is C20H23F3N4O2. The molecule has 1 aromatic heterocycles. The van der Waals surface area contributed by atoms with Crippen molar-refractivity contribution in [2.24, 2.45) is 4.99 Å². The van der Waals surface area contributed by atoms with Crippen molar-refractivity contribution >= 4 is 5.96 Å². The fourth-order valence-electron chi connectivity index (χ4n) is 2.32. The third-order valence-corrected chi connectivity index (χ3v) is 3.64. The Kier molecular flexibility index (Phi) is 8.32. The van der Waals surface area contributed by atoms with Gasteiger partial charge < -0.3 is 20.1 Å². The molecule has 0 radical (unpaired) electrons. The summed E-state index contributed by atoms with van der Waals surface area (Å²) in [7, 11) is 1.62. The average molecular weight is 408 g/mol. The first kappa shape index (κ1) is 22.1. The molecule has 9 heteroatoms. The zero-order valence-electron chi connectivity index (χ0n) is 16.0. The van der Waals surface area contributed by atoms with Crippen LogP contribution in [-0.4, -0.2) is 37.4 Å². The summed E-state index contributed by atoms with van der Waals surface area (Å²) in [4.78, 5) is 7.93. The van der Waals surface area contributed by atoms with E-state index in [1.54, 1.807) is 19.2 Å². The van der Waals surface area contributed by atoms with Crippen molar-refractivity contribution in [3.63, 3.8) is 0 Å². The Hall–Kier alpha value is -3.23. The molecule has 0 aliphatic rings. The lowest BCUT2D eigenvalue weighted by atomic mass is 10.2. The van der Waals surface area contributed by atoms with E-state index >= 15 is 0 Å². The van der Waals surface area contributed by atoms with Gasteiger partial charge in [0.1, 0.15) is 12.4 Å². The number of benzene rings is 1. The van der Waals surface area contributed by atoms with Crippen LogP contribution in [-0.2, 0) is 13.1 Å². The molecule has 156 valence electrons.